The van der Waals surface area contributed by atoms with E-state index in [9.17, 15) is 12.8 Å². The van der Waals surface area contributed by atoms with E-state index in [4.69, 9.17) is 9.47 Å². The number of ether oxygens (including phenoxy) is 2. The van der Waals surface area contributed by atoms with Crippen molar-refractivity contribution in [2.24, 2.45) is 0 Å². The first kappa shape index (κ1) is 24.5. The monoisotopic (exact) mass is 540 g/mol. The normalized spacial score (nSPS) is 11.5. The molecule has 5 rings (SSSR count). The van der Waals surface area contributed by atoms with Gasteiger partial charge in [-0.25, -0.2) is 22.2 Å². The number of anilines is 1. The maximum absolute atomic E-state index is 15.4. The lowest BCUT2D eigenvalue weighted by Crippen LogP contribution is -2.13. The standard InChI is InChI=1S/C25H18F2N4O4S2/c1-34-22-12-18(19-10-15(26)13-29-25(19)35-2)21(27)11-20(22)24-17-4-3-16(9-14(17)5-7-28-24)37(32,33)31-23-6-8-36-30-23/h3-13H,1-2H3,(H,30,31). The summed E-state index contributed by atoms with van der Waals surface area (Å²) >= 11 is 1.13. The number of nitrogens with one attached hydrogen (secondary N) is 1. The molecule has 0 bridgehead atoms. The van der Waals surface area contributed by atoms with Crippen LogP contribution in [0.4, 0.5) is 14.6 Å². The van der Waals surface area contributed by atoms with Crippen LogP contribution in [0.5, 0.6) is 11.6 Å². The second kappa shape index (κ2) is 9.71. The van der Waals surface area contributed by atoms with Gasteiger partial charge in [-0.15, -0.1) is 0 Å². The van der Waals surface area contributed by atoms with E-state index in [2.05, 4.69) is 19.1 Å². The number of sulfonamides is 1. The van der Waals surface area contributed by atoms with Crippen molar-refractivity contribution in [2.45, 2.75) is 4.90 Å². The lowest BCUT2D eigenvalue weighted by molar-refractivity contribution is 0.397. The molecule has 0 unspecified atom stereocenters. The van der Waals surface area contributed by atoms with E-state index >= 15 is 4.39 Å². The van der Waals surface area contributed by atoms with Gasteiger partial charge in [0.05, 0.1) is 31.0 Å². The van der Waals surface area contributed by atoms with Crippen molar-refractivity contribution in [2.75, 3.05) is 18.9 Å². The third-order valence-corrected chi connectivity index (χ3v) is 7.48. The van der Waals surface area contributed by atoms with E-state index in [-0.39, 0.29) is 33.5 Å². The van der Waals surface area contributed by atoms with Gasteiger partial charge in [0.2, 0.25) is 5.88 Å². The van der Waals surface area contributed by atoms with E-state index in [0.717, 1.165) is 23.8 Å². The summed E-state index contributed by atoms with van der Waals surface area (Å²) in [6.45, 7) is 0. The highest BCUT2D eigenvalue weighted by Crippen LogP contribution is 2.40. The molecule has 12 heteroatoms. The van der Waals surface area contributed by atoms with Crippen LogP contribution in [0.2, 0.25) is 0 Å². The van der Waals surface area contributed by atoms with Crippen LogP contribution in [0.1, 0.15) is 0 Å². The van der Waals surface area contributed by atoms with E-state index in [1.54, 1.807) is 23.6 Å². The van der Waals surface area contributed by atoms with Crippen molar-refractivity contribution in [1.82, 2.24) is 14.3 Å². The Morgan fingerprint density at radius 3 is 2.49 bits per heavy atom. The molecule has 188 valence electrons. The summed E-state index contributed by atoms with van der Waals surface area (Å²) in [6.07, 6.45) is 2.47. The predicted molar refractivity (Wildman–Crippen MR) is 136 cm³/mol. The van der Waals surface area contributed by atoms with Gasteiger partial charge in [-0.1, -0.05) is 6.07 Å². The first-order valence-electron chi connectivity index (χ1n) is 10.7. The van der Waals surface area contributed by atoms with Crippen LogP contribution in [0.25, 0.3) is 33.2 Å². The topological polar surface area (TPSA) is 103 Å². The fourth-order valence-corrected chi connectivity index (χ4v) is 5.46. The zero-order valence-electron chi connectivity index (χ0n) is 19.4. The zero-order valence-corrected chi connectivity index (χ0v) is 21.0. The fourth-order valence-electron chi connectivity index (χ4n) is 3.90. The molecule has 5 aromatic rings. The van der Waals surface area contributed by atoms with Crippen molar-refractivity contribution >= 4 is 38.1 Å². The van der Waals surface area contributed by atoms with Gasteiger partial charge in [0.1, 0.15) is 17.4 Å². The van der Waals surface area contributed by atoms with Crippen LogP contribution in [0.3, 0.4) is 0 Å². The molecule has 0 fully saturated rings. The van der Waals surface area contributed by atoms with Crippen LogP contribution < -0.4 is 14.2 Å². The maximum atomic E-state index is 15.4. The molecule has 0 atom stereocenters. The highest BCUT2D eigenvalue weighted by Gasteiger charge is 2.21. The lowest BCUT2D eigenvalue weighted by Gasteiger charge is -2.15. The second-order valence-electron chi connectivity index (χ2n) is 7.78. The van der Waals surface area contributed by atoms with Crippen molar-refractivity contribution in [3.8, 4) is 34.0 Å². The minimum atomic E-state index is -3.88. The van der Waals surface area contributed by atoms with Crippen LogP contribution in [-0.2, 0) is 10.0 Å². The molecule has 1 N–H and O–H groups in total. The van der Waals surface area contributed by atoms with Crippen molar-refractivity contribution in [1.29, 1.82) is 0 Å². The second-order valence-corrected chi connectivity index (χ2v) is 10.1. The fraction of sp³-hybridized carbons (Fsp3) is 0.0800. The number of benzene rings is 2. The number of rotatable bonds is 7. The van der Waals surface area contributed by atoms with E-state index in [1.807, 2.05) is 0 Å². The summed E-state index contributed by atoms with van der Waals surface area (Å²) in [5, 5.41) is 2.80. The van der Waals surface area contributed by atoms with Crippen LogP contribution in [0, 0.1) is 11.6 Å². The number of fused-ring (bicyclic) bond motifs is 1. The third kappa shape index (κ3) is 4.68. The lowest BCUT2D eigenvalue weighted by atomic mass is 9.98. The number of hydrogen-bond donors (Lipinski definition) is 1. The van der Waals surface area contributed by atoms with Crippen LogP contribution >= 0.6 is 11.5 Å². The number of aromatic nitrogens is 3. The SMILES string of the molecule is COc1cc(-c2cc(F)cnc2OC)c(F)cc1-c1nccc2cc(S(=O)(=O)Nc3ccsn3)ccc12. The van der Waals surface area contributed by atoms with Gasteiger partial charge in [-0.2, -0.15) is 4.37 Å². The number of hydrogen-bond acceptors (Lipinski definition) is 8. The number of halogens is 2. The Labute approximate surface area is 214 Å². The number of methoxy groups -OCH3 is 2. The Morgan fingerprint density at radius 1 is 0.919 bits per heavy atom. The molecule has 0 spiro atoms. The Bertz CT molecular complexity index is 1730. The van der Waals surface area contributed by atoms with Gasteiger partial charge < -0.3 is 9.47 Å². The quantitative estimate of drug-likeness (QED) is 0.290. The van der Waals surface area contributed by atoms with Crippen molar-refractivity contribution < 1.29 is 26.7 Å². The number of pyridine rings is 2. The molecule has 3 aromatic heterocycles. The molecule has 2 aromatic carbocycles. The van der Waals surface area contributed by atoms with Gasteiger partial charge in [-0.05, 0) is 59.4 Å². The minimum absolute atomic E-state index is 0.0318. The molecule has 8 nitrogen and oxygen atoms in total. The van der Waals surface area contributed by atoms with Crippen molar-refractivity contribution in [3.63, 3.8) is 0 Å². The summed E-state index contributed by atoms with van der Waals surface area (Å²) < 4.78 is 72.0. The van der Waals surface area contributed by atoms with E-state index in [0.29, 0.717) is 22.0 Å². The molecule has 0 amide bonds. The highest BCUT2D eigenvalue weighted by molar-refractivity contribution is 7.92. The minimum Gasteiger partial charge on any atom is -0.496 e. The van der Waals surface area contributed by atoms with Gasteiger partial charge in [0, 0.05) is 33.7 Å². The molecular weight excluding hydrogens is 522 g/mol. The third-order valence-electron chi connectivity index (χ3n) is 5.57. The first-order valence-corrected chi connectivity index (χ1v) is 13.0. The Hall–Kier alpha value is -4.16. The summed E-state index contributed by atoms with van der Waals surface area (Å²) in [5.74, 6) is -0.773. The smallest absolute Gasteiger partial charge is 0.263 e. The maximum Gasteiger partial charge on any atom is 0.263 e. The summed E-state index contributed by atoms with van der Waals surface area (Å²) in [7, 11) is -1.10. The Balaban J connectivity index is 1.61. The molecule has 0 saturated carbocycles. The largest absolute Gasteiger partial charge is 0.496 e. The van der Waals surface area contributed by atoms with Gasteiger partial charge in [0.25, 0.3) is 10.0 Å². The molecule has 3 heterocycles. The molecule has 0 aliphatic heterocycles. The highest BCUT2D eigenvalue weighted by atomic mass is 32.2. The molecule has 0 aliphatic rings. The number of nitrogens with zero attached hydrogens (tertiary/aromatic N) is 3. The Kier molecular flexibility index (Phi) is 6.44. The predicted octanol–water partition coefficient (Wildman–Crippen LogP) is 5.52. The molecule has 37 heavy (non-hydrogen) atoms. The summed E-state index contributed by atoms with van der Waals surface area (Å²) in [5.41, 5.74) is 0.860. The first-order chi connectivity index (χ1) is 17.8. The van der Waals surface area contributed by atoms with Gasteiger partial charge >= 0.3 is 0 Å². The van der Waals surface area contributed by atoms with Crippen LogP contribution in [-0.4, -0.2) is 37.0 Å². The van der Waals surface area contributed by atoms with Gasteiger partial charge in [0.15, 0.2) is 5.82 Å². The molecular formula is C25H18F2N4O4S2. The van der Waals surface area contributed by atoms with E-state index in [1.165, 1.54) is 44.7 Å². The average molecular weight is 541 g/mol. The average Bonchev–Trinajstić information content (AvgIpc) is 3.40. The van der Waals surface area contributed by atoms with Gasteiger partial charge in [-0.3, -0.25) is 9.71 Å². The molecule has 0 aliphatic carbocycles. The Morgan fingerprint density at radius 2 is 1.76 bits per heavy atom. The zero-order chi connectivity index (χ0) is 26.2. The molecule has 0 saturated heterocycles. The van der Waals surface area contributed by atoms with Crippen LogP contribution in [0.15, 0.2) is 71.2 Å². The van der Waals surface area contributed by atoms with E-state index < -0.39 is 21.7 Å². The van der Waals surface area contributed by atoms with Crippen molar-refractivity contribution in [3.05, 3.63) is 77.9 Å². The molecule has 0 radical (unpaired) electrons. The summed E-state index contributed by atoms with van der Waals surface area (Å²) in [6, 6.07) is 11.5. The summed E-state index contributed by atoms with van der Waals surface area (Å²) in [4.78, 5) is 8.31.